The van der Waals surface area contributed by atoms with E-state index in [0.717, 1.165) is 0 Å². The van der Waals surface area contributed by atoms with Crippen LogP contribution in [0.1, 0.15) is 83.0 Å². The molecule has 1 aliphatic heterocycles. The van der Waals surface area contributed by atoms with Crippen LogP contribution in [0.5, 0.6) is 5.75 Å². The van der Waals surface area contributed by atoms with Gasteiger partial charge in [0.1, 0.15) is 48.0 Å². The molecule has 2 aromatic carbocycles. The van der Waals surface area contributed by atoms with E-state index >= 15 is 0 Å². The van der Waals surface area contributed by atoms with E-state index in [1.165, 1.54) is 41.7 Å². The van der Waals surface area contributed by atoms with Crippen molar-refractivity contribution >= 4 is 65.3 Å². The zero-order valence-electron chi connectivity index (χ0n) is 49.5. The monoisotopic (exact) mass is 1220 g/mol. The Labute approximate surface area is 504 Å². The molecule has 9 atom stereocenters. The number of aromatic nitrogens is 2. The molecule has 3 aromatic rings. The summed E-state index contributed by atoms with van der Waals surface area (Å²) in [5.74, 6) is -10.1. The number of phenolic OH excluding ortho intramolecular Hbond substituents is 1. The molecule has 478 valence electrons. The van der Waals surface area contributed by atoms with Gasteiger partial charge in [0.2, 0.25) is 41.4 Å². The Morgan fingerprint density at radius 1 is 0.747 bits per heavy atom. The van der Waals surface area contributed by atoms with Crippen LogP contribution in [-0.2, 0) is 71.9 Å². The second kappa shape index (κ2) is 37.0. The van der Waals surface area contributed by atoms with Crippen molar-refractivity contribution in [3.8, 4) is 5.75 Å². The number of carboxylic acid groups (broad SMARTS) is 2. The molecule has 0 unspecified atom stereocenters. The molecule has 4 rings (SSSR count). The lowest BCUT2D eigenvalue weighted by atomic mass is 9.96. The number of nitrogens with zero attached hydrogens (tertiary/aromatic N) is 3. The fourth-order valence-corrected chi connectivity index (χ4v) is 9.15. The highest BCUT2D eigenvalue weighted by Crippen LogP contribution is 2.21. The minimum absolute atomic E-state index is 0.0140. The maximum atomic E-state index is 14.7. The molecule has 87 heavy (non-hydrogen) atoms. The Balaban J connectivity index is 1.53. The van der Waals surface area contributed by atoms with E-state index in [9.17, 15) is 63.3 Å². The van der Waals surface area contributed by atoms with Gasteiger partial charge in [-0.05, 0) is 60.8 Å². The first-order chi connectivity index (χ1) is 41.5. The Bertz CT molecular complexity index is 2750. The predicted molar refractivity (Wildman–Crippen MR) is 316 cm³/mol. The van der Waals surface area contributed by atoms with Crippen LogP contribution in [0.15, 0.2) is 72.1 Å². The fraction of sp³-hybridized carbons (Fsp3) is 0.544. The SMILES string of the molecule is CC[C@H](C)[C@H](NC(=O)[C@H](Cc1ccc(O)cc1)NC(=O)[C@@H](NC(=O)[C@H](CCCN=C(N)NC(=O)NCCOCCOCCN)NC(=O)[C@@H](N)CC(=O)O)C(C)C)C(=O)N[C@@H](Cc1cnc[nH]1)C(=O)N1CCC[C@H]1C(=O)N[C@@H](Cc1ccccc1)C(=O)O. The highest BCUT2D eigenvalue weighted by atomic mass is 16.5. The number of hydrogen-bond donors (Lipinski definition) is 15. The molecule has 0 spiro atoms. The van der Waals surface area contributed by atoms with Crippen molar-refractivity contribution in [3.05, 3.63) is 83.9 Å². The molecule has 9 amide bonds. The number of ether oxygens (including phenoxy) is 2. The average Bonchev–Trinajstić information content (AvgIpc) is 2.42. The lowest BCUT2D eigenvalue weighted by Crippen LogP contribution is -2.62. The first-order valence-corrected chi connectivity index (χ1v) is 28.8. The third-order valence-corrected chi connectivity index (χ3v) is 14.1. The first-order valence-electron chi connectivity index (χ1n) is 28.8. The van der Waals surface area contributed by atoms with Crippen molar-refractivity contribution in [3.63, 3.8) is 0 Å². The lowest BCUT2D eigenvalue weighted by molar-refractivity contribution is -0.145. The molecule has 0 radical (unpaired) electrons. The molecule has 30 heteroatoms. The van der Waals surface area contributed by atoms with Crippen molar-refractivity contribution in [2.75, 3.05) is 52.6 Å². The van der Waals surface area contributed by atoms with Gasteiger partial charge in [-0.3, -0.25) is 48.7 Å². The molecule has 2 heterocycles. The number of H-pyrrole nitrogens is 1. The van der Waals surface area contributed by atoms with E-state index in [-0.39, 0.29) is 76.5 Å². The van der Waals surface area contributed by atoms with Gasteiger partial charge in [0, 0.05) is 57.3 Å². The Kier molecular flexibility index (Phi) is 30.1. The number of carbonyl (C=O) groups excluding carboxylic acids is 8. The molecule has 0 bridgehead atoms. The van der Waals surface area contributed by atoms with E-state index in [0.29, 0.717) is 56.0 Å². The van der Waals surface area contributed by atoms with E-state index in [1.54, 1.807) is 58.0 Å². The molecular formula is C57H85N15O15. The number of aromatic hydroxyl groups is 1. The van der Waals surface area contributed by atoms with E-state index < -0.39 is 126 Å². The van der Waals surface area contributed by atoms with E-state index in [4.69, 9.17) is 26.7 Å². The number of nitrogens with one attached hydrogen (secondary N) is 9. The molecule has 1 fully saturated rings. The highest BCUT2D eigenvalue weighted by molar-refractivity contribution is 5.98. The van der Waals surface area contributed by atoms with Crippen LogP contribution in [0.2, 0.25) is 0 Å². The summed E-state index contributed by atoms with van der Waals surface area (Å²) in [4.78, 5) is 148. The van der Waals surface area contributed by atoms with E-state index in [2.05, 4.69) is 57.5 Å². The summed E-state index contributed by atoms with van der Waals surface area (Å²) < 4.78 is 10.6. The molecule has 1 aromatic heterocycles. The lowest BCUT2D eigenvalue weighted by Gasteiger charge is -2.32. The summed E-state index contributed by atoms with van der Waals surface area (Å²) in [7, 11) is 0. The van der Waals surface area contributed by atoms with Crippen molar-refractivity contribution in [1.29, 1.82) is 0 Å². The fourth-order valence-electron chi connectivity index (χ4n) is 9.15. The van der Waals surface area contributed by atoms with Gasteiger partial charge in [-0.15, -0.1) is 0 Å². The topological polar surface area (TPSA) is 468 Å². The van der Waals surface area contributed by atoms with Crippen molar-refractivity contribution < 1.29 is 72.7 Å². The molecule has 30 nitrogen and oxygen atoms in total. The van der Waals surface area contributed by atoms with Crippen LogP contribution in [0.25, 0.3) is 0 Å². The number of aliphatic carboxylic acids is 2. The number of carboxylic acids is 2. The largest absolute Gasteiger partial charge is 0.508 e. The number of rotatable bonds is 37. The smallest absolute Gasteiger partial charge is 0.326 e. The van der Waals surface area contributed by atoms with Crippen LogP contribution in [-0.4, -0.2) is 196 Å². The molecular weight excluding hydrogens is 1130 g/mol. The minimum Gasteiger partial charge on any atom is -0.508 e. The number of urea groups is 1. The Morgan fingerprint density at radius 2 is 1.37 bits per heavy atom. The maximum Gasteiger partial charge on any atom is 0.326 e. The average molecular weight is 1220 g/mol. The number of benzene rings is 2. The van der Waals surface area contributed by atoms with Gasteiger partial charge in [0.15, 0.2) is 5.96 Å². The number of amides is 9. The Morgan fingerprint density at radius 3 is 2.00 bits per heavy atom. The maximum absolute atomic E-state index is 14.7. The number of aromatic amines is 1. The zero-order chi connectivity index (χ0) is 64.0. The van der Waals surface area contributed by atoms with Crippen LogP contribution >= 0.6 is 0 Å². The number of likely N-dealkylation sites (tertiary alicyclic amines) is 1. The number of hydrogen-bond acceptors (Lipinski definition) is 17. The van der Waals surface area contributed by atoms with Crippen LogP contribution in [0, 0.1) is 11.8 Å². The minimum atomic E-state index is -1.57. The van der Waals surface area contributed by atoms with E-state index in [1.807, 2.05) is 0 Å². The van der Waals surface area contributed by atoms with Crippen molar-refractivity contribution in [2.24, 2.45) is 34.0 Å². The first kappa shape index (κ1) is 70.7. The van der Waals surface area contributed by atoms with Crippen LogP contribution < -0.4 is 59.7 Å². The number of imidazole rings is 1. The number of carbonyl (C=O) groups is 10. The summed E-state index contributed by atoms with van der Waals surface area (Å²) in [6, 6.07) is 2.85. The number of aliphatic imine (C=N–C) groups is 1. The van der Waals surface area contributed by atoms with Gasteiger partial charge in [0.05, 0.1) is 45.2 Å². The van der Waals surface area contributed by atoms with Gasteiger partial charge in [0.25, 0.3) is 0 Å². The van der Waals surface area contributed by atoms with Crippen LogP contribution in [0.4, 0.5) is 4.79 Å². The molecule has 0 aliphatic carbocycles. The standard InChI is InChI=1S/C57H85N15O15/c1-5-34(4)47(53(81)67-42(29-37-31-61-32-64-37)54(82)72-22-10-14-44(72)51(79)68-43(55(83)84)28-35-11-7-6-8-12-35)70-50(78)41(27-36-15-17-38(73)18-16-36)66-52(80)46(33(2)3)69-49(77)40(65-48(76)39(59)30-45(74)75)13-9-20-62-56(60)71-57(85)63-21-24-87-26-25-86-23-19-58/h6-8,11-12,15-18,31-34,39-44,46-47,73H,5,9-10,13-14,19-30,58-59H2,1-4H3,(H,61,64)(H,65,76)(H,66,80)(H,67,81)(H,68,79)(H,69,77)(H,70,78)(H,74,75)(H,83,84)(H4,60,62,63,71,85)/t34-,39-,40-,41-,42-,43-,44-,46-,47-/m0/s1. The van der Waals surface area contributed by atoms with Gasteiger partial charge in [-0.2, -0.15) is 0 Å². The third kappa shape index (κ3) is 24.6. The van der Waals surface area contributed by atoms with Gasteiger partial charge < -0.3 is 89.1 Å². The van der Waals surface area contributed by atoms with Crippen LogP contribution in [0.3, 0.4) is 0 Å². The number of phenols is 1. The van der Waals surface area contributed by atoms with Gasteiger partial charge >= 0.3 is 18.0 Å². The third-order valence-electron chi connectivity index (χ3n) is 14.1. The molecule has 1 saturated heterocycles. The summed E-state index contributed by atoms with van der Waals surface area (Å²) in [6.07, 6.45) is 2.53. The summed E-state index contributed by atoms with van der Waals surface area (Å²) >= 11 is 0. The summed E-state index contributed by atoms with van der Waals surface area (Å²) in [5.41, 5.74) is 18.7. The normalized spacial score (nSPS) is 15.9. The molecule has 0 saturated carbocycles. The second-order valence-electron chi connectivity index (χ2n) is 21.2. The zero-order valence-corrected chi connectivity index (χ0v) is 49.5. The Hall–Kier alpha value is -8.74. The molecule has 1 aliphatic rings. The van der Waals surface area contributed by atoms with Gasteiger partial charge in [-0.1, -0.05) is 76.6 Å². The summed E-state index contributed by atoms with van der Waals surface area (Å²) in [5, 5.41) is 50.3. The number of nitrogens with two attached hydrogens (primary N) is 3. The second-order valence-corrected chi connectivity index (χ2v) is 21.2. The van der Waals surface area contributed by atoms with Crippen molar-refractivity contribution in [1.82, 2.24) is 57.4 Å². The number of guanidine groups is 1. The highest BCUT2D eigenvalue weighted by Gasteiger charge is 2.41. The van der Waals surface area contributed by atoms with Gasteiger partial charge in [-0.25, -0.2) is 14.6 Å². The molecule has 18 N–H and O–H groups in total. The quantitative estimate of drug-likeness (QED) is 0.0169. The van der Waals surface area contributed by atoms with Crippen molar-refractivity contribution in [2.45, 2.75) is 134 Å². The summed E-state index contributed by atoms with van der Waals surface area (Å²) in [6.45, 7) is 8.40. The predicted octanol–water partition coefficient (Wildman–Crippen LogP) is -1.98.